The van der Waals surface area contributed by atoms with Crippen LogP contribution in [0, 0.1) is 29.2 Å². The van der Waals surface area contributed by atoms with Crippen LogP contribution in [-0.4, -0.2) is 0 Å². The average molecular weight is 478 g/mol. The third kappa shape index (κ3) is 4.93. The fourth-order valence-electron chi connectivity index (χ4n) is 4.62. The van der Waals surface area contributed by atoms with Crippen LogP contribution in [0.25, 0.3) is 11.1 Å². The molecule has 0 unspecified atom stereocenters. The summed E-state index contributed by atoms with van der Waals surface area (Å²) >= 11 is 0. The van der Waals surface area contributed by atoms with E-state index < -0.39 is 40.7 Å². The Kier molecular flexibility index (Phi) is 6.91. The Balaban J connectivity index is 1.60. The van der Waals surface area contributed by atoms with Crippen LogP contribution in [0.5, 0.6) is 5.75 Å². The normalized spacial score (nSPS) is 18.7. The van der Waals surface area contributed by atoms with E-state index >= 15 is 8.78 Å². The smallest absolute Gasteiger partial charge is 0.428 e. The molecule has 0 amide bonds. The largest absolute Gasteiger partial charge is 0.429 e. The molecule has 3 aromatic carbocycles. The van der Waals surface area contributed by atoms with Gasteiger partial charge in [-0.25, -0.2) is 17.6 Å². The summed E-state index contributed by atoms with van der Waals surface area (Å²) in [5, 5.41) is 0. The maximum Gasteiger partial charge on any atom is 0.429 e. The fourth-order valence-corrected chi connectivity index (χ4v) is 4.62. The van der Waals surface area contributed by atoms with Crippen molar-refractivity contribution in [2.45, 2.75) is 51.1 Å². The highest BCUT2D eigenvalue weighted by Gasteiger charge is 2.39. The number of hydrogen-bond donors (Lipinski definition) is 0. The molecule has 3 aromatic rings. The molecule has 1 nitrogen and oxygen atoms in total. The third-order valence-electron chi connectivity index (χ3n) is 6.62. The zero-order valence-electron chi connectivity index (χ0n) is 18.6. The van der Waals surface area contributed by atoms with Crippen LogP contribution in [0.1, 0.15) is 56.1 Å². The molecule has 0 heterocycles. The van der Waals surface area contributed by atoms with Gasteiger partial charge in [0.2, 0.25) is 0 Å². The molecule has 1 aliphatic rings. The van der Waals surface area contributed by atoms with Crippen molar-refractivity contribution in [1.82, 2.24) is 0 Å². The average Bonchev–Trinajstić information content (AvgIpc) is 2.82. The van der Waals surface area contributed by atoms with Crippen molar-refractivity contribution in [1.29, 1.82) is 0 Å². The van der Waals surface area contributed by atoms with Gasteiger partial charge in [0.15, 0.2) is 17.5 Å². The molecule has 0 N–H and O–H groups in total. The van der Waals surface area contributed by atoms with Gasteiger partial charge in [-0.1, -0.05) is 37.6 Å². The van der Waals surface area contributed by atoms with Crippen LogP contribution in [-0.2, 0) is 6.11 Å². The summed E-state index contributed by atoms with van der Waals surface area (Å²) in [6, 6.07) is 10.3. The minimum atomic E-state index is -4.06. The molecular formula is C27H24F6O. The van der Waals surface area contributed by atoms with Crippen LogP contribution < -0.4 is 4.74 Å². The van der Waals surface area contributed by atoms with E-state index in [2.05, 4.69) is 6.92 Å². The van der Waals surface area contributed by atoms with Crippen molar-refractivity contribution in [3.63, 3.8) is 0 Å². The summed E-state index contributed by atoms with van der Waals surface area (Å²) in [5.41, 5.74) is -0.542. The summed E-state index contributed by atoms with van der Waals surface area (Å²) in [6.45, 7) is 2.14. The van der Waals surface area contributed by atoms with Crippen LogP contribution in [0.2, 0.25) is 0 Å². The van der Waals surface area contributed by atoms with Gasteiger partial charge in [0, 0.05) is 5.56 Å². The maximum absolute atomic E-state index is 15.0. The van der Waals surface area contributed by atoms with Crippen molar-refractivity contribution in [3.05, 3.63) is 89.0 Å². The molecule has 0 radical (unpaired) electrons. The van der Waals surface area contributed by atoms with Crippen LogP contribution in [0.3, 0.4) is 0 Å². The zero-order chi connectivity index (χ0) is 24.5. The standard InChI is InChI=1S/C27H24F6O/c1-2-16-7-9-17(10-8-16)18-11-12-21(22(28)13-18)27(32,33)34-25-6-4-3-5-20(25)19-14-23(29)26(31)24(30)15-19/h3-6,11-17H,2,7-10H2,1H3/t16-,17-. The van der Waals surface area contributed by atoms with Crippen LogP contribution in [0.15, 0.2) is 54.6 Å². The molecule has 0 atom stereocenters. The Labute approximate surface area is 194 Å². The van der Waals surface area contributed by atoms with Gasteiger partial charge in [0.1, 0.15) is 11.6 Å². The maximum atomic E-state index is 15.0. The monoisotopic (exact) mass is 478 g/mol. The summed E-state index contributed by atoms with van der Waals surface area (Å²) < 4.78 is 90.4. The second-order valence-electron chi connectivity index (χ2n) is 8.73. The highest BCUT2D eigenvalue weighted by molar-refractivity contribution is 5.70. The van der Waals surface area contributed by atoms with E-state index in [-0.39, 0.29) is 17.0 Å². The highest BCUT2D eigenvalue weighted by atomic mass is 19.3. The van der Waals surface area contributed by atoms with Crippen molar-refractivity contribution >= 4 is 0 Å². The minimum Gasteiger partial charge on any atom is -0.428 e. The van der Waals surface area contributed by atoms with E-state index in [9.17, 15) is 17.6 Å². The molecule has 0 aliphatic heterocycles. The molecule has 0 aromatic heterocycles. The Bertz CT molecular complexity index is 1140. The second-order valence-corrected chi connectivity index (χ2v) is 8.73. The molecule has 7 heteroatoms. The molecule has 1 saturated carbocycles. The highest BCUT2D eigenvalue weighted by Crippen LogP contribution is 2.41. The SMILES string of the molecule is CC[C@H]1CC[C@H](c2ccc(C(F)(F)Oc3ccccc3-c3cc(F)c(F)c(F)c3)c(F)c2)CC1. The molecule has 0 spiro atoms. The second kappa shape index (κ2) is 9.72. The number of benzene rings is 3. The van der Waals surface area contributed by atoms with E-state index in [4.69, 9.17) is 4.74 Å². The van der Waals surface area contributed by atoms with Crippen molar-refractivity contribution < 1.29 is 31.1 Å². The van der Waals surface area contributed by atoms with Gasteiger partial charge in [0.25, 0.3) is 0 Å². The van der Waals surface area contributed by atoms with Gasteiger partial charge in [0.05, 0.1) is 5.56 Å². The molecule has 1 fully saturated rings. The predicted octanol–water partition coefficient (Wildman–Crippen LogP) is 8.72. The summed E-state index contributed by atoms with van der Waals surface area (Å²) in [4.78, 5) is 0. The lowest BCUT2D eigenvalue weighted by Crippen LogP contribution is -2.24. The lowest BCUT2D eigenvalue weighted by Gasteiger charge is -2.28. The van der Waals surface area contributed by atoms with E-state index in [1.54, 1.807) is 0 Å². The molecule has 1 aliphatic carbocycles. The van der Waals surface area contributed by atoms with Crippen LogP contribution >= 0.6 is 0 Å². The Hall–Kier alpha value is -2.96. The zero-order valence-corrected chi connectivity index (χ0v) is 18.6. The topological polar surface area (TPSA) is 9.23 Å². The molecular weight excluding hydrogens is 454 g/mol. The molecule has 0 bridgehead atoms. The first-order chi connectivity index (χ1) is 16.2. The van der Waals surface area contributed by atoms with Gasteiger partial charge < -0.3 is 4.74 Å². The molecule has 180 valence electrons. The summed E-state index contributed by atoms with van der Waals surface area (Å²) in [5.74, 6) is -5.34. The molecule has 0 saturated heterocycles. The first kappa shape index (κ1) is 24.2. The summed E-state index contributed by atoms with van der Waals surface area (Å²) in [7, 11) is 0. The van der Waals surface area contributed by atoms with E-state index in [1.807, 2.05) is 0 Å². The number of rotatable bonds is 6. The fraction of sp³-hybridized carbons (Fsp3) is 0.333. The van der Waals surface area contributed by atoms with Gasteiger partial charge in [-0.2, -0.15) is 8.78 Å². The van der Waals surface area contributed by atoms with Gasteiger partial charge in [-0.15, -0.1) is 0 Å². The van der Waals surface area contributed by atoms with E-state index in [1.165, 1.54) is 30.3 Å². The molecule has 4 rings (SSSR count). The Morgan fingerprint density at radius 3 is 2.09 bits per heavy atom. The first-order valence-corrected chi connectivity index (χ1v) is 11.3. The van der Waals surface area contributed by atoms with E-state index in [0.29, 0.717) is 23.6 Å². The number of halogens is 6. The number of alkyl halides is 2. The molecule has 34 heavy (non-hydrogen) atoms. The predicted molar refractivity (Wildman–Crippen MR) is 118 cm³/mol. The summed E-state index contributed by atoms with van der Waals surface area (Å²) in [6.07, 6.45) is 0.888. The first-order valence-electron chi connectivity index (χ1n) is 11.3. The number of hydrogen-bond acceptors (Lipinski definition) is 1. The van der Waals surface area contributed by atoms with E-state index in [0.717, 1.165) is 44.2 Å². The Morgan fingerprint density at radius 2 is 1.47 bits per heavy atom. The minimum absolute atomic E-state index is 0.0929. The quantitative estimate of drug-likeness (QED) is 0.254. The number of ether oxygens (including phenoxy) is 1. The van der Waals surface area contributed by atoms with Crippen LogP contribution in [0.4, 0.5) is 26.3 Å². The third-order valence-corrected chi connectivity index (χ3v) is 6.62. The van der Waals surface area contributed by atoms with Crippen molar-refractivity contribution in [3.8, 4) is 16.9 Å². The van der Waals surface area contributed by atoms with Crippen molar-refractivity contribution in [2.75, 3.05) is 0 Å². The number of para-hydroxylation sites is 1. The lowest BCUT2D eigenvalue weighted by molar-refractivity contribution is -0.187. The van der Waals surface area contributed by atoms with Gasteiger partial charge in [-0.3, -0.25) is 0 Å². The van der Waals surface area contributed by atoms with Crippen molar-refractivity contribution in [2.24, 2.45) is 5.92 Å². The van der Waals surface area contributed by atoms with Gasteiger partial charge in [-0.05, 0) is 79.0 Å². The van der Waals surface area contributed by atoms with Gasteiger partial charge >= 0.3 is 6.11 Å². The Morgan fingerprint density at radius 1 is 0.824 bits per heavy atom. The lowest BCUT2D eigenvalue weighted by atomic mass is 9.78.